The molecular weight excluding hydrogens is 309 g/mol. The number of nitrogens with two attached hydrogens (primary N) is 1. The lowest BCUT2D eigenvalue weighted by atomic mass is 10.2. The molecule has 0 atom stereocenters. The van der Waals surface area contributed by atoms with Gasteiger partial charge in [-0.1, -0.05) is 6.07 Å². The van der Waals surface area contributed by atoms with E-state index in [-0.39, 0.29) is 5.82 Å². The van der Waals surface area contributed by atoms with E-state index < -0.39 is 0 Å². The van der Waals surface area contributed by atoms with Gasteiger partial charge in [0, 0.05) is 4.47 Å². The largest absolute Gasteiger partial charge is 0.369 e. The van der Waals surface area contributed by atoms with E-state index in [1.807, 2.05) is 25.1 Å². The van der Waals surface area contributed by atoms with Gasteiger partial charge in [-0.3, -0.25) is 4.57 Å². The fourth-order valence-electron chi connectivity index (χ4n) is 2.12. The molecule has 0 saturated heterocycles. The van der Waals surface area contributed by atoms with Gasteiger partial charge in [-0.25, -0.2) is 9.37 Å². The molecule has 1 aromatic heterocycles. The van der Waals surface area contributed by atoms with Crippen LogP contribution in [0.25, 0.3) is 16.7 Å². The Bertz CT molecular complexity index is 780. The molecule has 0 radical (unpaired) electrons. The first-order chi connectivity index (χ1) is 9.06. The summed E-state index contributed by atoms with van der Waals surface area (Å²) in [7, 11) is 0. The lowest BCUT2D eigenvalue weighted by molar-refractivity contribution is 0.626. The first kappa shape index (κ1) is 12.2. The summed E-state index contributed by atoms with van der Waals surface area (Å²) in [5.74, 6) is 0.0855. The summed E-state index contributed by atoms with van der Waals surface area (Å²) in [6, 6.07) is 10.4. The maximum absolute atomic E-state index is 13.2. The molecule has 0 spiro atoms. The monoisotopic (exact) mass is 319 g/mol. The van der Waals surface area contributed by atoms with E-state index in [9.17, 15) is 4.39 Å². The van der Waals surface area contributed by atoms with Crippen LogP contribution in [0.5, 0.6) is 0 Å². The Labute approximate surface area is 118 Å². The zero-order valence-electron chi connectivity index (χ0n) is 10.2. The topological polar surface area (TPSA) is 43.8 Å². The third kappa shape index (κ3) is 2.00. The molecule has 0 aliphatic rings. The second-order valence-corrected chi connectivity index (χ2v) is 5.25. The van der Waals surface area contributed by atoms with Crippen LogP contribution in [0.4, 0.5) is 10.3 Å². The molecule has 0 amide bonds. The quantitative estimate of drug-likeness (QED) is 0.741. The van der Waals surface area contributed by atoms with Gasteiger partial charge in [0.2, 0.25) is 5.95 Å². The molecule has 2 N–H and O–H groups in total. The van der Waals surface area contributed by atoms with Gasteiger partial charge in [0.15, 0.2) is 0 Å². The Morgan fingerprint density at radius 1 is 1.21 bits per heavy atom. The number of halogens is 2. The van der Waals surface area contributed by atoms with Crippen LogP contribution in [-0.4, -0.2) is 9.55 Å². The molecule has 0 unspecified atom stereocenters. The molecule has 0 bridgehead atoms. The van der Waals surface area contributed by atoms with Crippen LogP contribution < -0.4 is 5.73 Å². The van der Waals surface area contributed by atoms with Crippen molar-refractivity contribution in [2.24, 2.45) is 0 Å². The molecule has 3 aromatic rings. The molecule has 0 fully saturated rings. The van der Waals surface area contributed by atoms with Crippen LogP contribution >= 0.6 is 15.9 Å². The minimum absolute atomic E-state index is 0.297. The van der Waals surface area contributed by atoms with Gasteiger partial charge in [0.25, 0.3) is 0 Å². The van der Waals surface area contributed by atoms with E-state index in [0.717, 1.165) is 22.3 Å². The van der Waals surface area contributed by atoms with Crippen molar-refractivity contribution in [2.45, 2.75) is 6.92 Å². The molecule has 5 heteroatoms. The highest BCUT2D eigenvalue weighted by atomic mass is 79.9. The molecule has 0 aliphatic heterocycles. The molecule has 0 saturated carbocycles. The second-order valence-electron chi connectivity index (χ2n) is 4.39. The van der Waals surface area contributed by atoms with Crippen molar-refractivity contribution in [3.05, 3.63) is 52.3 Å². The average molecular weight is 320 g/mol. The van der Waals surface area contributed by atoms with Crippen LogP contribution in [0.2, 0.25) is 0 Å². The number of nitrogen functional groups attached to an aromatic ring is 1. The molecular formula is C14H11BrFN3. The summed E-state index contributed by atoms with van der Waals surface area (Å²) in [6.45, 7) is 2.00. The second kappa shape index (κ2) is 4.35. The average Bonchev–Trinajstić information content (AvgIpc) is 2.65. The summed E-state index contributed by atoms with van der Waals surface area (Å²) in [4.78, 5) is 4.34. The zero-order chi connectivity index (χ0) is 13.6. The summed E-state index contributed by atoms with van der Waals surface area (Å²) in [6.07, 6.45) is 0. The molecule has 3 nitrogen and oxygen atoms in total. The van der Waals surface area contributed by atoms with Crippen molar-refractivity contribution < 1.29 is 4.39 Å². The molecule has 0 aliphatic carbocycles. The number of anilines is 1. The van der Waals surface area contributed by atoms with Crippen LogP contribution in [0.15, 0.2) is 40.9 Å². The summed E-state index contributed by atoms with van der Waals surface area (Å²) < 4.78 is 15.6. The predicted molar refractivity (Wildman–Crippen MR) is 77.9 cm³/mol. The van der Waals surface area contributed by atoms with Gasteiger partial charge in [-0.2, -0.15) is 0 Å². The molecule has 1 heterocycles. The van der Waals surface area contributed by atoms with Gasteiger partial charge < -0.3 is 5.73 Å². The lowest BCUT2D eigenvalue weighted by Gasteiger charge is -2.09. The van der Waals surface area contributed by atoms with Crippen LogP contribution in [0, 0.1) is 12.7 Å². The van der Waals surface area contributed by atoms with Gasteiger partial charge >= 0.3 is 0 Å². The highest BCUT2D eigenvalue weighted by molar-refractivity contribution is 9.10. The molecule has 96 valence electrons. The maximum atomic E-state index is 13.2. The number of aromatic nitrogens is 2. The standard InChI is InChI=1S/C14H11BrFN3/c1-8-2-4-13-11(6-8)18-14(17)19(13)12-5-3-9(16)7-10(12)15/h2-7H,1H3,(H2,17,18). The number of rotatable bonds is 1. The van der Waals surface area contributed by atoms with E-state index in [2.05, 4.69) is 20.9 Å². The van der Waals surface area contributed by atoms with Crippen molar-refractivity contribution in [3.63, 3.8) is 0 Å². The first-order valence-corrected chi connectivity index (χ1v) is 6.55. The minimum Gasteiger partial charge on any atom is -0.369 e. The van der Waals surface area contributed by atoms with Crippen molar-refractivity contribution in [3.8, 4) is 5.69 Å². The Kier molecular flexibility index (Phi) is 2.78. The number of fused-ring (bicyclic) bond motifs is 1. The highest BCUT2D eigenvalue weighted by Gasteiger charge is 2.12. The predicted octanol–water partition coefficient (Wildman–Crippen LogP) is 3.82. The molecule has 19 heavy (non-hydrogen) atoms. The Balaban J connectivity index is 2.33. The summed E-state index contributed by atoms with van der Waals surface area (Å²) >= 11 is 3.36. The number of nitrogens with zero attached hydrogens (tertiary/aromatic N) is 2. The minimum atomic E-state index is -0.297. The molecule has 2 aromatic carbocycles. The van der Waals surface area contributed by atoms with Gasteiger partial charge in [0.1, 0.15) is 5.82 Å². The number of hydrogen-bond acceptors (Lipinski definition) is 2. The summed E-state index contributed by atoms with van der Waals surface area (Å²) in [5, 5.41) is 0. The lowest BCUT2D eigenvalue weighted by Crippen LogP contribution is -2.01. The smallest absolute Gasteiger partial charge is 0.205 e. The first-order valence-electron chi connectivity index (χ1n) is 5.76. The molecule has 3 rings (SSSR count). The van der Waals surface area contributed by atoms with Gasteiger partial charge in [0.05, 0.1) is 16.7 Å². The van der Waals surface area contributed by atoms with Crippen LogP contribution in [0.1, 0.15) is 5.56 Å². The third-order valence-corrected chi connectivity index (χ3v) is 3.62. The Morgan fingerprint density at radius 2 is 2.00 bits per heavy atom. The van der Waals surface area contributed by atoms with Crippen LogP contribution in [-0.2, 0) is 0 Å². The number of imidazole rings is 1. The third-order valence-electron chi connectivity index (χ3n) is 2.99. The number of aryl methyl sites for hydroxylation is 1. The van der Waals surface area contributed by atoms with E-state index in [1.54, 1.807) is 10.6 Å². The van der Waals surface area contributed by atoms with Crippen molar-refractivity contribution in [1.29, 1.82) is 0 Å². The fraction of sp³-hybridized carbons (Fsp3) is 0.0714. The van der Waals surface area contributed by atoms with E-state index in [0.29, 0.717) is 10.4 Å². The SMILES string of the molecule is Cc1ccc2c(c1)nc(N)n2-c1ccc(F)cc1Br. The van der Waals surface area contributed by atoms with E-state index in [1.165, 1.54) is 12.1 Å². The van der Waals surface area contributed by atoms with Crippen LogP contribution in [0.3, 0.4) is 0 Å². The van der Waals surface area contributed by atoms with Gasteiger partial charge in [-0.05, 0) is 58.7 Å². The number of hydrogen-bond donors (Lipinski definition) is 1. The highest BCUT2D eigenvalue weighted by Crippen LogP contribution is 2.29. The van der Waals surface area contributed by atoms with Crippen molar-refractivity contribution in [1.82, 2.24) is 9.55 Å². The number of benzene rings is 2. The van der Waals surface area contributed by atoms with E-state index in [4.69, 9.17) is 5.73 Å². The fourth-order valence-corrected chi connectivity index (χ4v) is 2.65. The van der Waals surface area contributed by atoms with Crippen molar-refractivity contribution in [2.75, 3.05) is 5.73 Å². The zero-order valence-corrected chi connectivity index (χ0v) is 11.8. The Hall–Kier alpha value is -1.88. The van der Waals surface area contributed by atoms with E-state index >= 15 is 0 Å². The van der Waals surface area contributed by atoms with Gasteiger partial charge in [-0.15, -0.1) is 0 Å². The normalized spacial score (nSPS) is 11.1. The summed E-state index contributed by atoms with van der Waals surface area (Å²) in [5.41, 5.74) is 9.60. The Morgan fingerprint density at radius 3 is 2.74 bits per heavy atom. The maximum Gasteiger partial charge on any atom is 0.205 e. The van der Waals surface area contributed by atoms with Crippen molar-refractivity contribution >= 4 is 32.9 Å².